The van der Waals surface area contributed by atoms with Crippen LogP contribution in [0.25, 0.3) is 0 Å². The topological polar surface area (TPSA) is 49.8 Å². The molecule has 0 saturated carbocycles. The molecule has 1 amide bonds. The van der Waals surface area contributed by atoms with Crippen molar-refractivity contribution in [3.05, 3.63) is 0 Å². The summed E-state index contributed by atoms with van der Waals surface area (Å²) in [5.41, 5.74) is -0.611. The highest BCUT2D eigenvalue weighted by Gasteiger charge is 2.44. The van der Waals surface area contributed by atoms with Crippen molar-refractivity contribution in [1.82, 2.24) is 4.90 Å². The summed E-state index contributed by atoms with van der Waals surface area (Å²) in [6, 6.07) is 0. The summed E-state index contributed by atoms with van der Waals surface area (Å²) >= 11 is 0. The molecule has 0 aromatic rings. The molecule has 2 aliphatic rings. The van der Waals surface area contributed by atoms with E-state index in [0.717, 1.165) is 32.3 Å². The lowest BCUT2D eigenvalue weighted by molar-refractivity contribution is -0.164. The van der Waals surface area contributed by atoms with Crippen LogP contribution in [0.5, 0.6) is 0 Å². The van der Waals surface area contributed by atoms with Gasteiger partial charge in [0.05, 0.1) is 31.2 Å². The van der Waals surface area contributed by atoms with Gasteiger partial charge in [0.1, 0.15) is 0 Å². The minimum atomic E-state index is -0.611. The molecule has 1 N–H and O–H groups in total. The number of β-amino-alcohol motifs (C(OH)–C–C–N with tert-alkyl or cyclic N) is 1. The molecule has 0 aliphatic carbocycles. The second-order valence-corrected chi connectivity index (χ2v) is 5.08. The molecular formula is C12H21NO3. The second kappa shape index (κ2) is 4.72. The first-order chi connectivity index (χ1) is 7.64. The molecule has 16 heavy (non-hydrogen) atoms. The van der Waals surface area contributed by atoms with Crippen LogP contribution in [-0.4, -0.2) is 47.8 Å². The molecule has 0 radical (unpaired) electrons. The van der Waals surface area contributed by atoms with Gasteiger partial charge in [0.2, 0.25) is 5.91 Å². The number of aliphatic hydroxyl groups is 1. The summed E-state index contributed by atoms with van der Waals surface area (Å²) in [6.45, 7) is 4.41. The monoisotopic (exact) mass is 227 g/mol. The maximum absolute atomic E-state index is 12.0. The maximum Gasteiger partial charge on any atom is 0.228 e. The van der Waals surface area contributed by atoms with E-state index in [1.54, 1.807) is 4.90 Å². The SMILES string of the molecule is CCCC1(O)CN(C(=O)C2CCCOC2)C1. The van der Waals surface area contributed by atoms with Crippen molar-refractivity contribution in [3.8, 4) is 0 Å². The lowest BCUT2D eigenvalue weighted by Crippen LogP contribution is -2.64. The third-order valence-corrected chi connectivity index (χ3v) is 3.51. The van der Waals surface area contributed by atoms with Crippen LogP contribution < -0.4 is 0 Å². The van der Waals surface area contributed by atoms with Crippen molar-refractivity contribution < 1.29 is 14.6 Å². The van der Waals surface area contributed by atoms with Gasteiger partial charge in [-0.05, 0) is 19.3 Å². The molecule has 4 nitrogen and oxygen atoms in total. The number of rotatable bonds is 3. The van der Waals surface area contributed by atoms with Crippen molar-refractivity contribution in [2.75, 3.05) is 26.3 Å². The summed E-state index contributed by atoms with van der Waals surface area (Å²) in [7, 11) is 0. The highest BCUT2D eigenvalue weighted by atomic mass is 16.5. The standard InChI is InChI=1S/C12H21NO3/c1-2-5-12(15)8-13(9-12)11(14)10-4-3-6-16-7-10/h10,15H,2-9H2,1H3. The van der Waals surface area contributed by atoms with Gasteiger partial charge in [-0.15, -0.1) is 0 Å². The van der Waals surface area contributed by atoms with Gasteiger partial charge in [0.25, 0.3) is 0 Å². The lowest BCUT2D eigenvalue weighted by atomic mass is 9.87. The minimum Gasteiger partial charge on any atom is -0.386 e. The van der Waals surface area contributed by atoms with Gasteiger partial charge in [-0.2, -0.15) is 0 Å². The second-order valence-electron chi connectivity index (χ2n) is 5.08. The highest BCUT2D eigenvalue weighted by Crippen LogP contribution is 2.28. The zero-order valence-corrected chi connectivity index (χ0v) is 9.95. The summed E-state index contributed by atoms with van der Waals surface area (Å²) in [5, 5.41) is 10.0. The number of ether oxygens (including phenoxy) is 1. The van der Waals surface area contributed by atoms with E-state index < -0.39 is 5.60 Å². The molecule has 2 fully saturated rings. The Hall–Kier alpha value is -0.610. The molecule has 0 aromatic heterocycles. The Bertz CT molecular complexity index is 255. The predicted octanol–water partition coefficient (Wildman–Crippen LogP) is 0.786. The van der Waals surface area contributed by atoms with Crippen LogP contribution >= 0.6 is 0 Å². The predicted molar refractivity (Wildman–Crippen MR) is 60.0 cm³/mol. The number of carbonyl (C=O) groups is 1. The molecule has 2 aliphatic heterocycles. The number of likely N-dealkylation sites (tertiary alicyclic amines) is 1. The molecule has 1 unspecified atom stereocenters. The van der Waals surface area contributed by atoms with E-state index in [-0.39, 0.29) is 11.8 Å². The lowest BCUT2D eigenvalue weighted by Gasteiger charge is -2.48. The van der Waals surface area contributed by atoms with Crippen LogP contribution in [0.3, 0.4) is 0 Å². The van der Waals surface area contributed by atoms with Crippen LogP contribution in [0.4, 0.5) is 0 Å². The summed E-state index contributed by atoms with van der Waals surface area (Å²) in [5.74, 6) is 0.195. The smallest absolute Gasteiger partial charge is 0.228 e. The summed E-state index contributed by atoms with van der Waals surface area (Å²) < 4.78 is 5.31. The van der Waals surface area contributed by atoms with Crippen molar-refractivity contribution in [1.29, 1.82) is 0 Å². The Kier molecular flexibility index (Phi) is 3.50. The highest BCUT2D eigenvalue weighted by molar-refractivity contribution is 5.80. The normalized spacial score (nSPS) is 28.6. The first-order valence-corrected chi connectivity index (χ1v) is 6.23. The van der Waals surface area contributed by atoms with Crippen molar-refractivity contribution >= 4 is 5.91 Å². The van der Waals surface area contributed by atoms with E-state index >= 15 is 0 Å². The Balaban J connectivity index is 1.80. The third kappa shape index (κ3) is 2.38. The van der Waals surface area contributed by atoms with Gasteiger partial charge in [-0.25, -0.2) is 0 Å². The molecule has 1 atom stereocenters. The molecule has 2 rings (SSSR count). The fourth-order valence-electron chi connectivity index (χ4n) is 2.64. The Labute approximate surface area is 96.6 Å². The van der Waals surface area contributed by atoms with E-state index in [2.05, 4.69) is 6.92 Å². The number of hydrogen-bond acceptors (Lipinski definition) is 3. The molecule has 2 saturated heterocycles. The van der Waals surface area contributed by atoms with Crippen molar-refractivity contribution in [2.24, 2.45) is 5.92 Å². The molecule has 0 bridgehead atoms. The van der Waals surface area contributed by atoms with Crippen molar-refractivity contribution in [2.45, 2.75) is 38.2 Å². The van der Waals surface area contributed by atoms with E-state index in [4.69, 9.17) is 4.74 Å². The van der Waals surface area contributed by atoms with Crippen molar-refractivity contribution in [3.63, 3.8) is 0 Å². The molecule has 2 heterocycles. The fourth-order valence-corrected chi connectivity index (χ4v) is 2.64. The first-order valence-electron chi connectivity index (χ1n) is 6.23. The summed E-state index contributed by atoms with van der Waals surface area (Å²) in [4.78, 5) is 13.8. The van der Waals surface area contributed by atoms with E-state index in [0.29, 0.717) is 19.7 Å². The molecule has 0 spiro atoms. The fraction of sp³-hybridized carbons (Fsp3) is 0.917. The van der Waals surface area contributed by atoms with Gasteiger partial charge >= 0.3 is 0 Å². The number of amides is 1. The van der Waals surface area contributed by atoms with Gasteiger partial charge in [0.15, 0.2) is 0 Å². The average molecular weight is 227 g/mol. The molecule has 4 heteroatoms. The third-order valence-electron chi connectivity index (χ3n) is 3.51. The average Bonchev–Trinajstić information content (AvgIpc) is 2.26. The van der Waals surface area contributed by atoms with E-state index in [9.17, 15) is 9.90 Å². The van der Waals surface area contributed by atoms with Crippen LogP contribution in [0.1, 0.15) is 32.6 Å². The zero-order chi connectivity index (χ0) is 11.6. The minimum absolute atomic E-state index is 0.0277. The van der Waals surface area contributed by atoms with Crippen LogP contribution in [0.2, 0.25) is 0 Å². The van der Waals surface area contributed by atoms with E-state index in [1.807, 2.05) is 0 Å². The largest absolute Gasteiger partial charge is 0.386 e. The maximum atomic E-state index is 12.0. The summed E-state index contributed by atoms with van der Waals surface area (Å²) in [6.07, 6.45) is 3.66. The van der Waals surface area contributed by atoms with Crippen LogP contribution in [-0.2, 0) is 9.53 Å². The molecule has 0 aromatic carbocycles. The Morgan fingerprint density at radius 1 is 1.56 bits per heavy atom. The number of carbonyl (C=O) groups excluding carboxylic acids is 1. The number of nitrogens with zero attached hydrogens (tertiary/aromatic N) is 1. The van der Waals surface area contributed by atoms with Crippen LogP contribution in [0, 0.1) is 5.92 Å². The molecule has 92 valence electrons. The first kappa shape index (κ1) is 11.9. The van der Waals surface area contributed by atoms with Gasteiger partial charge < -0.3 is 14.7 Å². The Morgan fingerprint density at radius 2 is 2.31 bits per heavy atom. The Morgan fingerprint density at radius 3 is 2.88 bits per heavy atom. The molecular weight excluding hydrogens is 206 g/mol. The van der Waals surface area contributed by atoms with E-state index in [1.165, 1.54) is 0 Å². The zero-order valence-electron chi connectivity index (χ0n) is 9.95. The van der Waals surface area contributed by atoms with Crippen LogP contribution in [0.15, 0.2) is 0 Å². The quantitative estimate of drug-likeness (QED) is 0.775. The number of hydrogen-bond donors (Lipinski definition) is 1. The van der Waals surface area contributed by atoms with Gasteiger partial charge in [-0.3, -0.25) is 4.79 Å². The van der Waals surface area contributed by atoms with Gasteiger partial charge in [-0.1, -0.05) is 13.3 Å². The van der Waals surface area contributed by atoms with Gasteiger partial charge in [0, 0.05) is 6.61 Å².